The number of para-hydroxylation sites is 1. The Kier molecular flexibility index (Phi) is 3.99. The van der Waals surface area contributed by atoms with Crippen LogP contribution in [0.2, 0.25) is 0 Å². The Labute approximate surface area is 122 Å². The van der Waals surface area contributed by atoms with Gasteiger partial charge in [-0.15, -0.1) is 0 Å². The molecule has 110 valence electrons. The van der Waals surface area contributed by atoms with Crippen LogP contribution in [0.25, 0.3) is 0 Å². The van der Waals surface area contributed by atoms with E-state index in [1.807, 2.05) is 6.07 Å². The summed E-state index contributed by atoms with van der Waals surface area (Å²) in [4.78, 5) is 2.43. The maximum atomic E-state index is 5.75. The zero-order chi connectivity index (χ0) is 14.0. The van der Waals surface area contributed by atoms with E-state index in [1.165, 1.54) is 31.5 Å². The molecule has 2 heterocycles. The molecule has 1 unspecified atom stereocenters. The third kappa shape index (κ3) is 2.99. The first-order chi connectivity index (χ1) is 9.66. The minimum Gasteiger partial charge on any atom is -0.493 e. The number of nitrogens with one attached hydrogen (secondary N) is 1. The average Bonchev–Trinajstić information content (AvgIpc) is 2.86. The van der Waals surface area contributed by atoms with E-state index in [4.69, 9.17) is 4.74 Å². The first-order valence-electron chi connectivity index (χ1n) is 7.77. The Hall–Kier alpha value is -1.06. The fourth-order valence-corrected chi connectivity index (χ4v) is 3.28. The number of nitrogens with zero attached hydrogens (tertiary/aromatic N) is 1. The van der Waals surface area contributed by atoms with Gasteiger partial charge in [-0.05, 0) is 44.5 Å². The first kappa shape index (κ1) is 13.9. The van der Waals surface area contributed by atoms with E-state index >= 15 is 0 Å². The van der Waals surface area contributed by atoms with Crippen LogP contribution in [-0.2, 0) is 0 Å². The molecular formula is C17H26N2O. The molecule has 0 amide bonds. The van der Waals surface area contributed by atoms with Crippen molar-refractivity contribution in [3.63, 3.8) is 0 Å². The number of piperidine rings is 1. The second-order valence-electron chi connectivity index (χ2n) is 6.79. The van der Waals surface area contributed by atoms with Crippen LogP contribution < -0.4 is 10.1 Å². The van der Waals surface area contributed by atoms with Crippen LogP contribution in [0.15, 0.2) is 24.3 Å². The molecule has 0 bridgehead atoms. The zero-order valence-electron chi connectivity index (χ0n) is 12.7. The Bertz CT molecular complexity index is 452. The number of hydrogen-bond acceptors (Lipinski definition) is 3. The minimum atomic E-state index is 0.464. The molecule has 3 rings (SSSR count). The highest BCUT2D eigenvalue weighted by Gasteiger charge is 2.29. The van der Waals surface area contributed by atoms with Crippen LogP contribution in [-0.4, -0.2) is 44.7 Å². The predicted molar refractivity (Wildman–Crippen MR) is 82.4 cm³/mol. The molecule has 20 heavy (non-hydrogen) atoms. The van der Waals surface area contributed by atoms with Crippen molar-refractivity contribution in [2.75, 3.05) is 39.8 Å². The van der Waals surface area contributed by atoms with Gasteiger partial charge in [-0.25, -0.2) is 0 Å². The molecule has 3 heteroatoms. The third-order valence-corrected chi connectivity index (χ3v) is 4.94. The van der Waals surface area contributed by atoms with Crippen molar-refractivity contribution < 1.29 is 4.74 Å². The maximum Gasteiger partial charge on any atom is 0.122 e. The number of hydrogen-bond donors (Lipinski definition) is 1. The summed E-state index contributed by atoms with van der Waals surface area (Å²) >= 11 is 0. The summed E-state index contributed by atoms with van der Waals surface area (Å²) in [6.07, 6.45) is 2.60. The fourth-order valence-electron chi connectivity index (χ4n) is 3.28. The average molecular weight is 274 g/mol. The second kappa shape index (κ2) is 5.74. The molecule has 3 nitrogen and oxygen atoms in total. The number of benzene rings is 1. The van der Waals surface area contributed by atoms with Crippen molar-refractivity contribution in [2.24, 2.45) is 5.41 Å². The Morgan fingerprint density at radius 2 is 2.05 bits per heavy atom. The van der Waals surface area contributed by atoms with Crippen LogP contribution in [0.4, 0.5) is 0 Å². The van der Waals surface area contributed by atoms with Gasteiger partial charge in [0.25, 0.3) is 0 Å². The van der Waals surface area contributed by atoms with E-state index in [1.54, 1.807) is 0 Å². The molecule has 0 radical (unpaired) electrons. The van der Waals surface area contributed by atoms with Crippen molar-refractivity contribution >= 4 is 0 Å². The molecule has 1 aromatic rings. The van der Waals surface area contributed by atoms with Gasteiger partial charge in [-0.3, -0.25) is 0 Å². The van der Waals surface area contributed by atoms with Crippen LogP contribution in [0.3, 0.4) is 0 Å². The quantitative estimate of drug-likeness (QED) is 0.913. The summed E-state index contributed by atoms with van der Waals surface area (Å²) in [6, 6.07) is 8.44. The highest BCUT2D eigenvalue weighted by atomic mass is 16.5. The van der Waals surface area contributed by atoms with Gasteiger partial charge in [0.1, 0.15) is 5.75 Å². The molecule has 0 aromatic heterocycles. The van der Waals surface area contributed by atoms with E-state index in [9.17, 15) is 0 Å². The van der Waals surface area contributed by atoms with Crippen molar-refractivity contribution in [1.82, 2.24) is 10.2 Å². The molecule has 0 saturated carbocycles. The lowest BCUT2D eigenvalue weighted by Gasteiger charge is -2.38. The van der Waals surface area contributed by atoms with Gasteiger partial charge < -0.3 is 15.0 Å². The van der Waals surface area contributed by atoms with Gasteiger partial charge in [0.15, 0.2) is 0 Å². The predicted octanol–water partition coefficient (Wildman–Crippen LogP) is 2.48. The molecule has 0 spiro atoms. The third-order valence-electron chi connectivity index (χ3n) is 4.94. The van der Waals surface area contributed by atoms with Gasteiger partial charge in [-0.2, -0.15) is 0 Å². The molecule has 1 aromatic carbocycles. The Balaban J connectivity index is 1.49. The monoisotopic (exact) mass is 274 g/mol. The highest BCUT2D eigenvalue weighted by Crippen LogP contribution is 2.33. The SMILES string of the molecule is CN1CCC(C)(CNCC2COc3ccccc32)CC1. The lowest BCUT2D eigenvalue weighted by molar-refractivity contribution is 0.136. The number of likely N-dealkylation sites (tertiary alicyclic amines) is 1. The molecule has 2 aliphatic rings. The first-order valence-corrected chi connectivity index (χ1v) is 7.77. The zero-order valence-corrected chi connectivity index (χ0v) is 12.7. The lowest BCUT2D eigenvalue weighted by Crippen LogP contribution is -2.42. The van der Waals surface area contributed by atoms with Gasteiger partial charge in [0.2, 0.25) is 0 Å². The standard InChI is InChI=1S/C17H26N2O/c1-17(7-9-19(2)10-8-17)13-18-11-14-12-20-16-6-4-3-5-15(14)16/h3-6,14,18H,7-13H2,1-2H3. The summed E-state index contributed by atoms with van der Waals surface area (Å²) in [6.45, 7) is 7.86. The summed E-state index contributed by atoms with van der Waals surface area (Å²) in [5.74, 6) is 1.59. The minimum absolute atomic E-state index is 0.464. The largest absolute Gasteiger partial charge is 0.493 e. The summed E-state index contributed by atoms with van der Waals surface area (Å²) in [7, 11) is 2.22. The van der Waals surface area contributed by atoms with Crippen LogP contribution in [0, 0.1) is 5.41 Å². The summed E-state index contributed by atoms with van der Waals surface area (Å²) in [5.41, 5.74) is 1.83. The van der Waals surface area contributed by atoms with Gasteiger partial charge in [0.05, 0.1) is 6.61 Å². The number of fused-ring (bicyclic) bond motifs is 1. The van der Waals surface area contributed by atoms with Gasteiger partial charge in [0, 0.05) is 24.6 Å². The number of ether oxygens (including phenoxy) is 1. The molecule has 1 atom stereocenters. The highest BCUT2D eigenvalue weighted by molar-refractivity contribution is 5.39. The summed E-state index contributed by atoms with van der Waals surface area (Å²) in [5, 5.41) is 3.69. The second-order valence-corrected chi connectivity index (χ2v) is 6.79. The lowest BCUT2D eigenvalue weighted by atomic mass is 9.80. The van der Waals surface area contributed by atoms with Crippen molar-refractivity contribution in [3.8, 4) is 5.75 Å². The molecule has 0 aliphatic carbocycles. The smallest absolute Gasteiger partial charge is 0.122 e. The molecular weight excluding hydrogens is 248 g/mol. The topological polar surface area (TPSA) is 24.5 Å². The molecule has 1 saturated heterocycles. The van der Waals surface area contributed by atoms with Crippen LogP contribution in [0.1, 0.15) is 31.2 Å². The van der Waals surface area contributed by atoms with Gasteiger partial charge in [-0.1, -0.05) is 25.1 Å². The van der Waals surface area contributed by atoms with Crippen LogP contribution in [0.5, 0.6) is 5.75 Å². The normalized spacial score (nSPS) is 25.2. The maximum absolute atomic E-state index is 5.75. The molecule has 2 aliphatic heterocycles. The van der Waals surface area contributed by atoms with E-state index in [0.29, 0.717) is 11.3 Å². The summed E-state index contributed by atoms with van der Waals surface area (Å²) < 4.78 is 5.75. The van der Waals surface area contributed by atoms with Crippen molar-refractivity contribution in [1.29, 1.82) is 0 Å². The van der Waals surface area contributed by atoms with Crippen molar-refractivity contribution in [3.05, 3.63) is 29.8 Å². The molecule has 1 N–H and O–H groups in total. The van der Waals surface area contributed by atoms with E-state index < -0.39 is 0 Å². The van der Waals surface area contributed by atoms with E-state index in [-0.39, 0.29) is 0 Å². The van der Waals surface area contributed by atoms with Gasteiger partial charge >= 0.3 is 0 Å². The van der Waals surface area contributed by atoms with Crippen LogP contribution >= 0.6 is 0 Å². The number of rotatable bonds is 4. The Morgan fingerprint density at radius 3 is 2.85 bits per heavy atom. The van der Waals surface area contributed by atoms with E-state index in [0.717, 1.165) is 25.4 Å². The van der Waals surface area contributed by atoms with E-state index in [2.05, 4.69) is 42.4 Å². The van der Waals surface area contributed by atoms with Crippen molar-refractivity contribution in [2.45, 2.75) is 25.7 Å². The molecule has 1 fully saturated rings. The fraction of sp³-hybridized carbons (Fsp3) is 0.647. The Morgan fingerprint density at radius 1 is 1.30 bits per heavy atom.